The van der Waals surface area contributed by atoms with Crippen molar-refractivity contribution in [3.8, 4) is 17.0 Å². The molecule has 1 aromatic carbocycles. The Hall–Kier alpha value is -3.68. The van der Waals surface area contributed by atoms with Crippen molar-refractivity contribution in [2.75, 3.05) is 13.7 Å². The number of hydrogen-bond donors (Lipinski definition) is 1. The van der Waals surface area contributed by atoms with Crippen molar-refractivity contribution in [3.05, 3.63) is 59.0 Å². The number of fused-ring (bicyclic) bond motifs is 1. The number of benzene rings is 1. The summed E-state index contributed by atoms with van der Waals surface area (Å²) in [6.45, 7) is 8.45. The molecular formula is C24H27N5O3. The first kappa shape index (κ1) is 21.5. The number of pyridine rings is 1. The number of carbonyl (C=O) groups excluding carboxylic acids is 1. The normalized spacial score (nSPS) is 12.2. The van der Waals surface area contributed by atoms with Gasteiger partial charge in [0.1, 0.15) is 5.75 Å². The summed E-state index contributed by atoms with van der Waals surface area (Å²) in [5, 5.41) is 12.2. The van der Waals surface area contributed by atoms with Gasteiger partial charge in [0, 0.05) is 17.8 Å². The molecule has 32 heavy (non-hydrogen) atoms. The Morgan fingerprint density at radius 1 is 1.19 bits per heavy atom. The average molecular weight is 434 g/mol. The number of nitrogens with zero attached hydrogens (tertiary/aromatic N) is 4. The molecule has 0 saturated heterocycles. The van der Waals surface area contributed by atoms with Gasteiger partial charge in [-0.2, -0.15) is 5.10 Å². The summed E-state index contributed by atoms with van der Waals surface area (Å²) in [6.07, 6.45) is 0.760. The van der Waals surface area contributed by atoms with Crippen LogP contribution in [0.4, 0.5) is 0 Å². The monoisotopic (exact) mass is 433 g/mol. The third kappa shape index (κ3) is 4.21. The van der Waals surface area contributed by atoms with Crippen molar-refractivity contribution < 1.29 is 14.1 Å². The van der Waals surface area contributed by atoms with Crippen molar-refractivity contribution in [1.82, 2.24) is 25.2 Å². The minimum Gasteiger partial charge on any atom is -0.497 e. The molecule has 1 amide bonds. The zero-order valence-corrected chi connectivity index (χ0v) is 19.0. The molecule has 3 heterocycles. The van der Waals surface area contributed by atoms with Gasteiger partial charge in [-0.25, -0.2) is 4.98 Å². The van der Waals surface area contributed by atoms with E-state index in [2.05, 4.69) is 33.5 Å². The fourth-order valence-electron chi connectivity index (χ4n) is 3.89. The van der Waals surface area contributed by atoms with E-state index in [0.717, 1.165) is 29.1 Å². The summed E-state index contributed by atoms with van der Waals surface area (Å²) in [6, 6.07) is 11.5. The van der Waals surface area contributed by atoms with Crippen molar-refractivity contribution in [2.24, 2.45) is 0 Å². The molecule has 0 fully saturated rings. The van der Waals surface area contributed by atoms with Crippen molar-refractivity contribution in [2.45, 2.75) is 40.2 Å². The molecule has 0 aliphatic rings. The summed E-state index contributed by atoms with van der Waals surface area (Å²) < 4.78 is 12.6. The van der Waals surface area contributed by atoms with Crippen LogP contribution in [-0.4, -0.2) is 39.5 Å². The predicted molar refractivity (Wildman–Crippen MR) is 122 cm³/mol. The van der Waals surface area contributed by atoms with Crippen LogP contribution in [0.1, 0.15) is 46.8 Å². The van der Waals surface area contributed by atoms with E-state index in [1.54, 1.807) is 13.2 Å². The maximum atomic E-state index is 13.1. The van der Waals surface area contributed by atoms with Crippen LogP contribution >= 0.6 is 0 Å². The molecule has 166 valence electrons. The van der Waals surface area contributed by atoms with E-state index in [-0.39, 0.29) is 11.9 Å². The van der Waals surface area contributed by atoms with Crippen LogP contribution in [0.5, 0.6) is 5.75 Å². The van der Waals surface area contributed by atoms with E-state index in [4.69, 9.17) is 9.26 Å². The van der Waals surface area contributed by atoms with Gasteiger partial charge < -0.3 is 14.6 Å². The highest BCUT2D eigenvalue weighted by Gasteiger charge is 2.20. The van der Waals surface area contributed by atoms with Gasteiger partial charge in [0.15, 0.2) is 0 Å². The molecule has 1 unspecified atom stereocenters. The average Bonchev–Trinajstić information content (AvgIpc) is 3.34. The highest BCUT2D eigenvalue weighted by Crippen LogP contribution is 2.28. The minimum absolute atomic E-state index is 0.175. The van der Waals surface area contributed by atoms with Crippen LogP contribution in [0.2, 0.25) is 0 Å². The summed E-state index contributed by atoms with van der Waals surface area (Å²) in [7, 11) is 1.62. The Bertz CT molecular complexity index is 1260. The van der Waals surface area contributed by atoms with Crippen molar-refractivity contribution in [1.29, 1.82) is 0 Å². The molecule has 0 aliphatic heterocycles. The first-order chi connectivity index (χ1) is 15.4. The van der Waals surface area contributed by atoms with Crippen LogP contribution in [0.15, 0.2) is 40.9 Å². The van der Waals surface area contributed by atoms with Crippen LogP contribution in [-0.2, 0) is 0 Å². The smallest absolute Gasteiger partial charge is 0.259 e. The molecule has 4 rings (SSSR count). The maximum Gasteiger partial charge on any atom is 0.259 e. The third-order valence-corrected chi connectivity index (χ3v) is 5.56. The van der Waals surface area contributed by atoms with Crippen LogP contribution in [0.3, 0.4) is 0 Å². The number of carbonyl (C=O) groups is 1. The lowest BCUT2D eigenvalue weighted by atomic mass is 10.0. The molecule has 3 aromatic heterocycles. The Kier molecular flexibility index (Phi) is 5.94. The summed E-state index contributed by atoms with van der Waals surface area (Å²) in [5.74, 6) is 0.569. The lowest BCUT2D eigenvalue weighted by molar-refractivity contribution is 0.0953. The zero-order valence-electron chi connectivity index (χ0n) is 19.0. The van der Waals surface area contributed by atoms with E-state index >= 15 is 0 Å². The number of rotatable bonds is 7. The summed E-state index contributed by atoms with van der Waals surface area (Å²) in [4.78, 5) is 17.7. The first-order valence-corrected chi connectivity index (χ1v) is 10.6. The Labute approximate surface area is 186 Å². The second kappa shape index (κ2) is 8.82. The van der Waals surface area contributed by atoms with Gasteiger partial charge in [-0.1, -0.05) is 5.16 Å². The second-order valence-corrected chi connectivity index (χ2v) is 8.00. The molecule has 4 aromatic rings. The molecule has 8 nitrogen and oxygen atoms in total. The molecule has 0 spiro atoms. The number of ether oxygens (including phenoxy) is 1. The standard InChI is InChI=1S/C24H27N5O3/c1-14-12-16(3)29(27-14)15(2)10-11-25-23(30)20-13-21(18-6-8-19(31-5)9-7-18)26-24-22(20)17(4)28-32-24/h6-9,12-13,15H,10-11H2,1-5H3,(H,25,30). The van der Waals surface area contributed by atoms with E-state index in [1.165, 1.54) is 0 Å². The molecule has 0 aliphatic carbocycles. The van der Waals surface area contributed by atoms with Crippen molar-refractivity contribution >= 4 is 17.0 Å². The molecular weight excluding hydrogens is 406 g/mol. The fourth-order valence-corrected chi connectivity index (χ4v) is 3.89. The largest absolute Gasteiger partial charge is 0.497 e. The van der Waals surface area contributed by atoms with E-state index < -0.39 is 0 Å². The van der Waals surface area contributed by atoms with Crippen LogP contribution in [0, 0.1) is 20.8 Å². The number of aromatic nitrogens is 4. The predicted octanol–water partition coefficient (Wildman–Crippen LogP) is 4.40. The molecule has 1 atom stereocenters. The number of amides is 1. The van der Waals surface area contributed by atoms with Gasteiger partial charge in [-0.3, -0.25) is 9.48 Å². The SMILES string of the molecule is COc1ccc(-c2cc(C(=O)NCCC(C)n3nc(C)cc3C)c3c(C)noc3n2)cc1. The fraction of sp³-hybridized carbons (Fsp3) is 0.333. The van der Waals surface area contributed by atoms with Crippen LogP contribution < -0.4 is 10.1 Å². The van der Waals surface area contributed by atoms with E-state index in [9.17, 15) is 4.79 Å². The molecule has 0 bridgehead atoms. The molecule has 0 radical (unpaired) electrons. The lowest BCUT2D eigenvalue weighted by Gasteiger charge is -2.15. The minimum atomic E-state index is -0.181. The lowest BCUT2D eigenvalue weighted by Crippen LogP contribution is -2.27. The van der Waals surface area contributed by atoms with Gasteiger partial charge >= 0.3 is 0 Å². The Morgan fingerprint density at radius 3 is 2.59 bits per heavy atom. The third-order valence-electron chi connectivity index (χ3n) is 5.56. The Balaban J connectivity index is 1.56. The van der Waals surface area contributed by atoms with Gasteiger partial charge in [0.05, 0.1) is 41.2 Å². The maximum absolute atomic E-state index is 13.1. The number of methoxy groups -OCH3 is 1. The summed E-state index contributed by atoms with van der Waals surface area (Å²) in [5.41, 5.74) is 5.07. The van der Waals surface area contributed by atoms with Gasteiger partial charge in [0.25, 0.3) is 11.6 Å². The quantitative estimate of drug-likeness (QED) is 0.464. The molecule has 8 heteroatoms. The van der Waals surface area contributed by atoms with Gasteiger partial charge in [0.2, 0.25) is 0 Å². The van der Waals surface area contributed by atoms with E-state index in [0.29, 0.717) is 34.6 Å². The van der Waals surface area contributed by atoms with Gasteiger partial charge in [-0.15, -0.1) is 0 Å². The molecule has 1 N–H and O–H groups in total. The number of aryl methyl sites for hydroxylation is 3. The second-order valence-electron chi connectivity index (χ2n) is 8.00. The van der Waals surface area contributed by atoms with Crippen molar-refractivity contribution in [3.63, 3.8) is 0 Å². The summed E-state index contributed by atoms with van der Waals surface area (Å²) >= 11 is 0. The molecule has 0 saturated carbocycles. The zero-order chi connectivity index (χ0) is 22.8. The highest BCUT2D eigenvalue weighted by atomic mass is 16.5. The number of nitrogens with one attached hydrogen (secondary N) is 1. The Morgan fingerprint density at radius 2 is 1.94 bits per heavy atom. The van der Waals surface area contributed by atoms with E-state index in [1.807, 2.05) is 49.7 Å². The van der Waals surface area contributed by atoms with Crippen LogP contribution in [0.25, 0.3) is 22.4 Å². The highest BCUT2D eigenvalue weighted by molar-refractivity contribution is 6.07. The number of hydrogen-bond acceptors (Lipinski definition) is 6. The first-order valence-electron chi connectivity index (χ1n) is 10.6. The topological polar surface area (TPSA) is 95.1 Å². The van der Waals surface area contributed by atoms with Gasteiger partial charge in [-0.05, 0) is 70.5 Å².